The number of carbonyl (C=O) groups is 1. The van der Waals surface area contributed by atoms with Gasteiger partial charge < -0.3 is 24.3 Å². The predicted octanol–water partition coefficient (Wildman–Crippen LogP) is 2.98. The number of nitrogens with one attached hydrogen (secondary N) is 1. The second-order valence-corrected chi connectivity index (χ2v) is 5.51. The first-order chi connectivity index (χ1) is 13.3. The summed E-state index contributed by atoms with van der Waals surface area (Å²) in [5.41, 5.74) is 0.868. The van der Waals surface area contributed by atoms with E-state index in [9.17, 15) is 18.0 Å². The van der Waals surface area contributed by atoms with Gasteiger partial charge in [-0.25, -0.2) is 4.98 Å². The number of nitrogens with zero attached hydrogens (tertiary/aromatic N) is 1. The molecule has 0 atom stereocenters. The summed E-state index contributed by atoms with van der Waals surface area (Å²) in [5, 5.41) is 2.68. The van der Waals surface area contributed by atoms with Crippen molar-refractivity contribution in [2.75, 3.05) is 27.9 Å². The molecule has 1 heterocycles. The molecule has 28 heavy (non-hydrogen) atoms. The van der Waals surface area contributed by atoms with Gasteiger partial charge in [-0.3, -0.25) is 4.79 Å². The zero-order valence-corrected chi connectivity index (χ0v) is 15.4. The van der Waals surface area contributed by atoms with E-state index in [1.54, 1.807) is 12.1 Å². The van der Waals surface area contributed by atoms with Crippen LogP contribution in [0.3, 0.4) is 0 Å². The lowest BCUT2D eigenvalue weighted by atomic mass is 10.1. The molecule has 10 heteroatoms. The number of pyridine rings is 1. The zero-order chi connectivity index (χ0) is 20.7. The van der Waals surface area contributed by atoms with Gasteiger partial charge in [-0.15, -0.1) is 0 Å². The van der Waals surface area contributed by atoms with Crippen LogP contribution < -0.4 is 24.3 Å². The number of amides is 1. The van der Waals surface area contributed by atoms with Gasteiger partial charge in [0.25, 0.3) is 5.91 Å². The first kappa shape index (κ1) is 21.1. The van der Waals surface area contributed by atoms with Crippen molar-refractivity contribution in [2.24, 2.45) is 0 Å². The highest BCUT2D eigenvalue weighted by Gasteiger charge is 2.28. The number of hydrogen-bond donors (Lipinski definition) is 1. The van der Waals surface area contributed by atoms with Crippen LogP contribution in [0.25, 0.3) is 0 Å². The maximum atomic E-state index is 12.2. The monoisotopic (exact) mass is 400 g/mol. The van der Waals surface area contributed by atoms with Gasteiger partial charge in [0.2, 0.25) is 11.6 Å². The van der Waals surface area contributed by atoms with Crippen LogP contribution in [-0.4, -0.2) is 45.0 Å². The van der Waals surface area contributed by atoms with Gasteiger partial charge in [0, 0.05) is 18.8 Å². The molecule has 2 aromatic rings. The largest absolute Gasteiger partial charge is 0.493 e. The summed E-state index contributed by atoms with van der Waals surface area (Å²) in [6, 6.07) is 5.89. The highest BCUT2D eigenvalue weighted by atomic mass is 19.4. The molecule has 7 nitrogen and oxygen atoms in total. The maximum absolute atomic E-state index is 12.2. The quantitative estimate of drug-likeness (QED) is 0.734. The molecule has 1 aromatic carbocycles. The lowest BCUT2D eigenvalue weighted by Gasteiger charge is -2.14. The van der Waals surface area contributed by atoms with E-state index in [0.29, 0.717) is 22.8 Å². The van der Waals surface area contributed by atoms with Crippen molar-refractivity contribution in [3.05, 3.63) is 41.6 Å². The number of hydrogen-bond acceptors (Lipinski definition) is 6. The average Bonchev–Trinajstić information content (AvgIpc) is 2.69. The van der Waals surface area contributed by atoms with Gasteiger partial charge in [-0.2, -0.15) is 13.2 Å². The van der Waals surface area contributed by atoms with Gasteiger partial charge >= 0.3 is 6.18 Å². The summed E-state index contributed by atoms with van der Waals surface area (Å²) in [6.07, 6.45) is -3.32. The van der Waals surface area contributed by atoms with Crippen LogP contribution in [0.15, 0.2) is 30.5 Å². The minimum absolute atomic E-state index is 0.155. The minimum atomic E-state index is -4.46. The number of methoxy groups -OCH3 is 3. The molecule has 2 rings (SSSR count). The normalized spacial score (nSPS) is 10.9. The van der Waals surface area contributed by atoms with E-state index in [1.807, 2.05) is 0 Å². The Morgan fingerprint density at radius 3 is 2.18 bits per heavy atom. The van der Waals surface area contributed by atoms with Crippen LogP contribution in [0.2, 0.25) is 0 Å². The summed E-state index contributed by atoms with van der Waals surface area (Å²) < 4.78 is 56.6. The Balaban J connectivity index is 2.02. The number of alkyl halides is 3. The third-order valence-electron chi connectivity index (χ3n) is 3.56. The molecule has 1 amide bonds. The van der Waals surface area contributed by atoms with Crippen LogP contribution in [-0.2, 0) is 6.54 Å². The van der Waals surface area contributed by atoms with Crippen molar-refractivity contribution in [3.8, 4) is 23.1 Å². The fourth-order valence-corrected chi connectivity index (χ4v) is 2.28. The van der Waals surface area contributed by atoms with Crippen LogP contribution >= 0.6 is 0 Å². The molecule has 0 unspecified atom stereocenters. The highest BCUT2D eigenvalue weighted by Crippen LogP contribution is 2.38. The Labute approximate surface area is 159 Å². The second kappa shape index (κ2) is 9.16. The molecule has 152 valence electrons. The second-order valence-electron chi connectivity index (χ2n) is 5.51. The SMILES string of the molecule is COc1cc(CNC(=O)c2ccc(OCC(F)(F)F)nc2)cc(OC)c1OC. The Bertz CT molecular complexity index is 785. The van der Waals surface area contributed by atoms with Crippen molar-refractivity contribution in [2.45, 2.75) is 12.7 Å². The van der Waals surface area contributed by atoms with Crippen LogP contribution in [0.4, 0.5) is 13.2 Å². The van der Waals surface area contributed by atoms with Crippen LogP contribution in [0.5, 0.6) is 23.1 Å². The molecule has 0 saturated heterocycles. The summed E-state index contributed by atoms with van der Waals surface area (Å²) in [4.78, 5) is 15.9. The minimum Gasteiger partial charge on any atom is -0.493 e. The molecule has 0 bridgehead atoms. The topological polar surface area (TPSA) is 78.9 Å². The lowest BCUT2D eigenvalue weighted by Crippen LogP contribution is -2.23. The van der Waals surface area contributed by atoms with Crippen LogP contribution in [0, 0.1) is 0 Å². The first-order valence-electron chi connectivity index (χ1n) is 8.00. The van der Waals surface area contributed by atoms with Gasteiger partial charge in [0.1, 0.15) is 0 Å². The van der Waals surface area contributed by atoms with E-state index in [2.05, 4.69) is 15.0 Å². The molecule has 0 spiro atoms. The molecule has 0 aliphatic carbocycles. The zero-order valence-electron chi connectivity index (χ0n) is 15.4. The number of ether oxygens (including phenoxy) is 4. The number of rotatable bonds is 8. The number of aromatic nitrogens is 1. The van der Waals surface area contributed by atoms with Gasteiger partial charge in [0.15, 0.2) is 18.1 Å². The Kier molecular flexibility index (Phi) is 6.91. The van der Waals surface area contributed by atoms with Crippen LogP contribution in [0.1, 0.15) is 15.9 Å². The fraction of sp³-hybridized carbons (Fsp3) is 0.333. The van der Waals surface area contributed by atoms with E-state index in [1.165, 1.54) is 33.5 Å². The summed E-state index contributed by atoms with van der Waals surface area (Å²) in [5.74, 6) is 0.638. The molecule has 0 fully saturated rings. The van der Waals surface area contributed by atoms with Crippen molar-refractivity contribution in [3.63, 3.8) is 0 Å². The van der Waals surface area contributed by atoms with E-state index in [-0.39, 0.29) is 18.0 Å². The van der Waals surface area contributed by atoms with Crippen molar-refractivity contribution in [1.29, 1.82) is 0 Å². The summed E-state index contributed by atoms with van der Waals surface area (Å²) in [7, 11) is 4.44. The molecule has 0 saturated carbocycles. The first-order valence-corrected chi connectivity index (χ1v) is 8.00. The molecule has 1 aromatic heterocycles. The van der Waals surface area contributed by atoms with Gasteiger partial charge in [-0.05, 0) is 23.8 Å². The lowest BCUT2D eigenvalue weighted by molar-refractivity contribution is -0.154. The maximum Gasteiger partial charge on any atom is 0.422 e. The summed E-state index contributed by atoms with van der Waals surface area (Å²) in [6.45, 7) is -1.30. The van der Waals surface area contributed by atoms with Crippen molar-refractivity contribution < 1.29 is 36.9 Å². The Morgan fingerprint density at radius 2 is 1.71 bits per heavy atom. The third kappa shape index (κ3) is 5.66. The molecule has 0 aliphatic rings. The highest BCUT2D eigenvalue weighted by molar-refractivity contribution is 5.93. The predicted molar refractivity (Wildman–Crippen MR) is 93.1 cm³/mol. The van der Waals surface area contributed by atoms with Gasteiger partial charge in [0.05, 0.1) is 26.9 Å². The third-order valence-corrected chi connectivity index (χ3v) is 3.56. The Hall–Kier alpha value is -3.17. The molecular formula is C18H19F3N2O5. The standard InChI is InChI=1S/C18H19F3N2O5/c1-25-13-6-11(7-14(26-2)16(13)27-3)8-23-17(24)12-4-5-15(22-9-12)28-10-18(19,20)21/h4-7,9H,8,10H2,1-3H3,(H,23,24). The molecular weight excluding hydrogens is 381 g/mol. The summed E-state index contributed by atoms with van der Waals surface area (Å²) >= 11 is 0. The number of halogens is 3. The van der Waals surface area contributed by atoms with E-state index < -0.39 is 18.7 Å². The fourth-order valence-electron chi connectivity index (χ4n) is 2.28. The number of benzene rings is 1. The smallest absolute Gasteiger partial charge is 0.422 e. The van der Waals surface area contributed by atoms with E-state index >= 15 is 0 Å². The number of carbonyl (C=O) groups excluding carboxylic acids is 1. The molecule has 0 aliphatic heterocycles. The van der Waals surface area contributed by atoms with Crippen molar-refractivity contribution in [1.82, 2.24) is 10.3 Å². The molecule has 1 N–H and O–H groups in total. The Morgan fingerprint density at radius 1 is 1.07 bits per heavy atom. The average molecular weight is 400 g/mol. The van der Waals surface area contributed by atoms with E-state index in [4.69, 9.17) is 14.2 Å². The van der Waals surface area contributed by atoms with Gasteiger partial charge in [-0.1, -0.05) is 0 Å². The molecule has 0 radical (unpaired) electrons. The van der Waals surface area contributed by atoms with E-state index in [0.717, 1.165) is 6.20 Å². The van der Waals surface area contributed by atoms with Crippen molar-refractivity contribution >= 4 is 5.91 Å².